The predicted octanol–water partition coefficient (Wildman–Crippen LogP) is 2.82. The highest BCUT2D eigenvalue weighted by Gasteiger charge is 2.73. The van der Waals surface area contributed by atoms with E-state index < -0.39 is 5.41 Å². The molecular formula is C21H25N3O2. The van der Waals surface area contributed by atoms with Crippen LogP contribution in [0.2, 0.25) is 0 Å². The Morgan fingerprint density at radius 2 is 1.62 bits per heavy atom. The molecule has 136 valence electrons. The maximum Gasteiger partial charge on any atom is 0.235 e. The number of nitrogens with zero attached hydrogens (tertiary/aromatic N) is 3. The van der Waals surface area contributed by atoms with Crippen molar-refractivity contribution in [3.63, 3.8) is 0 Å². The number of hydrogen-bond donors (Lipinski definition) is 0. The molecule has 5 nitrogen and oxygen atoms in total. The maximum absolute atomic E-state index is 13.8. The summed E-state index contributed by atoms with van der Waals surface area (Å²) in [7, 11) is 0. The van der Waals surface area contributed by atoms with Crippen molar-refractivity contribution in [2.75, 3.05) is 26.3 Å². The average molecular weight is 351 g/mol. The van der Waals surface area contributed by atoms with E-state index in [1.54, 1.807) is 0 Å². The monoisotopic (exact) mass is 351 g/mol. The second-order valence-corrected chi connectivity index (χ2v) is 8.68. The van der Waals surface area contributed by atoms with Crippen LogP contribution in [0.15, 0.2) is 24.3 Å². The minimum atomic E-state index is -0.578. The molecule has 2 atom stereocenters. The first-order chi connectivity index (χ1) is 12.4. The zero-order chi connectivity index (χ0) is 18.2. The van der Waals surface area contributed by atoms with E-state index in [1.807, 2.05) is 29.2 Å². The molecule has 5 rings (SSSR count). The van der Waals surface area contributed by atoms with Gasteiger partial charge in [0.1, 0.15) is 0 Å². The zero-order valence-corrected chi connectivity index (χ0v) is 15.7. The molecule has 3 aliphatic rings. The number of carbonyl (C=O) groups is 1. The molecule has 1 aromatic carbocycles. The lowest BCUT2D eigenvalue weighted by molar-refractivity contribution is -0.145. The van der Waals surface area contributed by atoms with Gasteiger partial charge in [-0.15, -0.1) is 0 Å². The van der Waals surface area contributed by atoms with Gasteiger partial charge < -0.3 is 9.64 Å². The number of fused-ring (bicyclic) bond motifs is 6. The van der Waals surface area contributed by atoms with Gasteiger partial charge in [0, 0.05) is 18.5 Å². The minimum Gasteiger partial charge on any atom is -0.378 e. The lowest BCUT2D eigenvalue weighted by Crippen LogP contribution is -2.55. The highest BCUT2D eigenvalue weighted by molar-refractivity contribution is 5.93. The largest absolute Gasteiger partial charge is 0.378 e. The molecule has 2 fully saturated rings. The third-order valence-corrected chi connectivity index (χ3v) is 7.61. The van der Waals surface area contributed by atoms with Crippen molar-refractivity contribution in [1.82, 2.24) is 14.9 Å². The van der Waals surface area contributed by atoms with Gasteiger partial charge >= 0.3 is 0 Å². The molecular weight excluding hydrogens is 326 g/mol. The number of benzene rings is 1. The van der Waals surface area contributed by atoms with Gasteiger partial charge in [-0.2, -0.15) is 0 Å². The fourth-order valence-electron chi connectivity index (χ4n) is 5.56. The van der Waals surface area contributed by atoms with Gasteiger partial charge in [-0.1, -0.05) is 32.9 Å². The summed E-state index contributed by atoms with van der Waals surface area (Å²) in [6, 6.07) is 8.00. The molecule has 2 aliphatic carbocycles. The third kappa shape index (κ3) is 1.68. The van der Waals surface area contributed by atoms with E-state index in [0.717, 1.165) is 35.3 Å². The molecule has 1 saturated carbocycles. The molecule has 1 saturated heterocycles. The number of rotatable bonds is 1. The van der Waals surface area contributed by atoms with Crippen LogP contribution in [0.25, 0.3) is 11.0 Å². The Kier molecular flexibility index (Phi) is 3.13. The van der Waals surface area contributed by atoms with Crippen molar-refractivity contribution >= 4 is 16.9 Å². The molecule has 2 heterocycles. The first-order valence-electron chi connectivity index (χ1n) is 9.57. The number of carbonyl (C=O) groups excluding carboxylic acids is 1. The molecule has 0 unspecified atom stereocenters. The van der Waals surface area contributed by atoms with Crippen LogP contribution in [-0.4, -0.2) is 47.1 Å². The van der Waals surface area contributed by atoms with Gasteiger partial charge in [0.25, 0.3) is 0 Å². The number of para-hydroxylation sites is 2. The minimum absolute atomic E-state index is 0.124. The van der Waals surface area contributed by atoms with Crippen molar-refractivity contribution in [3.05, 3.63) is 35.7 Å². The molecule has 0 N–H and O–H groups in total. The van der Waals surface area contributed by atoms with Crippen LogP contribution in [0.3, 0.4) is 0 Å². The molecule has 1 aliphatic heterocycles. The van der Waals surface area contributed by atoms with Crippen LogP contribution in [0, 0.1) is 5.41 Å². The van der Waals surface area contributed by atoms with E-state index >= 15 is 0 Å². The fourth-order valence-corrected chi connectivity index (χ4v) is 5.56. The molecule has 1 aromatic heterocycles. The summed E-state index contributed by atoms with van der Waals surface area (Å²) in [6.45, 7) is 9.34. The molecule has 5 heteroatoms. The Morgan fingerprint density at radius 1 is 1.00 bits per heavy atom. The summed E-state index contributed by atoms with van der Waals surface area (Å²) in [5.74, 6) is 0.220. The van der Waals surface area contributed by atoms with Gasteiger partial charge in [0.05, 0.1) is 41.1 Å². The smallest absolute Gasteiger partial charge is 0.235 e. The van der Waals surface area contributed by atoms with Crippen molar-refractivity contribution < 1.29 is 9.53 Å². The Balaban J connectivity index is 1.75. The first kappa shape index (κ1) is 16.2. The van der Waals surface area contributed by atoms with E-state index in [2.05, 4.69) is 20.8 Å². The van der Waals surface area contributed by atoms with Crippen molar-refractivity contribution in [3.8, 4) is 0 Å². The molecule has 2 bridgehead atoms. The summed E-state index contributed by atoms with van der Waals surface area (Å²) >= 11 is 0. The highest BCUT2D eigenvalue weighted by Crippen LogP contribution is 2.70. The molecule has 0 spiro atoms. The summed E-state index contributed by atoms with van der Waals surface area (Å²) in [5, 5.41) is 0. The van der Waals surface area contributed by atoms with Gasteiger partial charge in [-0.25, -0.2) is 9.97 Å². The van der Waals surface area contributed by atoms with Crippen molar-refractivity contribution in [1.29, 1.82) is 0 Å². The Morgan fingerprint density at radius 3 is 2.27 bits per heavy atom. The van der Waals surface area contributed by atoms with E-state index in [-0.39, 0.29) is 16.7 Å². The Bertz CT molecular complexity index is 919. The third-order valence-electron chi connectivity index (χ3n) is 7.61. The number of ether oxygens (including phenoxy) is 1. The molecule has 0 radical (unpaired) electrons. The van der Waals surface area contributed by atoms with Gasteiger partial charge in [0.2, 0.25) is 5.91 Å². The van der Waals surface area contributed by atoms with E-state index in [0.29, 0.717) is 26.3 Å². The van der Waals surface area contributed by atoms with Crippen LogP contribution in [0.5, 0.6) is 0 Å². The van der Waals surface area contributed by atoms with Crippen LogP contribution in [0.4, 0.5) is 0 Å². The van der Waals surface area contributed by atoms with E-state index in [9.17, 15) is 4.79 Å². The normalized spacial score (nSPS) is 32.0. The quantitative estimate of drug-likeness (QED) is 0.793. The molecule has 26 heavy (non-hydrogen) atoms. The number of hydrogen-bond acceptors (Lipinski definition) is 4. The summed E-state index contributed by atoms with van der Waals surface area (Å²) in [5.41, 5.74) is 2.85. The number of aromatic nitrogens is 2. The van der Waals surface area contributed by atoms with Crippen LogP contribution in [-0.2, 0) is 20.4 Å². The van der Waals surface area contributed by atoms with E-state index in [4.69, 9.17) is 14.7 Å². The zero-order valence-electron chi connectivity index (χ0n) is 15.7. The first-order valence-corrected chi connectivity index (χ1v) is 9.57. The van der Waals surface area contributed by atoms with Crippen molar-refractivity contribution in [2.24, 2.45) is 5.41 Å². The lowest BCUT2D eigenvalue weighted by atomic mass is 9.63. The summed E-state index contributed by atoms with van der Waals surface area (Å²) in [4.78, 5) is 25.9. The average Bonchev–Trinajstić information content (AvgIpc) is 2.96. The van der Waals surface area contributed by atoms with Crippen molar-refractivity contribution in [2.45, 2.75) is 44.4 Å². The molecule has 2 aromatic rings. The SMILES string of the molecule is CC1(C)[C@]2(C)CC[C@@]1(C(=O)N1CCOCC1)c1nc3ccccc3nc12. The number of morpholine rings is 1. The molecule has 1 amide bonds. The highest BCUT2D eigenvalue weighted by atomic mass is 16.5. The van der Waals surface area contributed by atoms with Crippen LogP contribution in [0.1, 0.15) is 45.0 Å². The fraction of sp³-hybridized carbons (Fsp3) is 0.571. The van der Waals surface area contributed by atoms with Crippen LogP contribution < -0.4 is 0 Å². The summed E-state index contributed by atoms with van der Waals surface area (Å²) in [6.07, 6.45) is 1.84. The number of amides is 1. The van der Waals surface area contributed by atoms with Gasteiger partial charge in [-0.05, 0) is 30.4 Å². The summed E-state index contributed by atoms with van der Waals surface area (Å²) < 4.78 is 5.47. The van der Waals surface area contributed by atoms with E-state index in [1.165, 1.54) is 0 Å². The standard InChI is InChI=1S/C21H25N3O2/c1-19(2)20(3)8-9-21(19,18(25)24-10-12-26-13-11-24)17-16(20)22-14-6-4-5-7-15(14)23-17/h4-7H,8-13H2,1-3H3/t20-,21+/m1/s1. The van der Waals surface area contributed by atoms with Gasteiger partial charge in [-0.3, -0.25) is 4.79 Å². The van der Waals surface area contributed by atoms with Crippen LogP contribution >= 0.6 is 0 Å². The lowest BCUT2D eigenvalue weighted by Gasteiger charge is -2.43. The maximum atomic E-state index is 13.8. The van der Waals surface area contributed by atoms with Gasteiger partial charge in [0.15, 0.2) is 0 Å². The predicted molar refractivity (Wildman–Crippen MR) is 99.0 cm³/mol. The second kappa shape index (κ2) is 5.03. The Hall–Kier alpha value is -2.01. The topological polar surface area (TPSA) is 55.3 Å². The second-order valence-electron chi connectivity index (χ2n) is 8.68. The Labute approximate surface area is 153 Å².